The summed E-state index contributed by atoms with van der Waals surface area (Å²) in [6.45, 7) is 2.72. The minimum absolute atomic E-state index is 0.122. The van der Waals surface area contributed by atoms with E-state index in [1.807, 2.05) is 0 Å². The van der Waals surface area contributed by atoms with Crippen LogP contribution in [0.3, 0.4) is 0 Å². The maximum atomic E-state index is 9.13. The Morgan fingerprint density at radius 3 is 2.62 bits per heavy atom. The third-order valence-electron chi connectivity index (χ3n) is 1.71. The van der Waals surface area contributed by atoms with E-state index in [1.54, 1.807) is 6.07 Å². The van der Waals surface area contributed by atoms with E-state index >= 15 is 0 Å². The normalized spacial score (nSPS) is 9.92. The van der Waals surface area contributed by atoms with Crippen LogP contribution in [-0.4, -0.2) is 16.8 Å². The molecule has 1 rings (SSSR count). The summed E-state index contributed by atoms with van der Waals surface area (Å²) in [6.07, 6.45) is 2.06. The van der Waals surface area contributed by atoms with Crippen molar-refractivity contribution >= 4 is 0 Å². The fourth-order valence-electron chi connectivity index (χ4n) is 0.927. The second-order valence-corrected chi connectivity index (χ2v) is 2.85. The molecule has 0 atom stereocenters. The van der Waals surface area contributed by atoms with Crippen LogP contribution in [0.4, 0.5) is 0 Å². The van der Waals surface area contributed by atoms with Gasteiger partial charge in [0.15, 0.2) is 11.5 Å². The van der Waals surface area contributed by atoms with Gasteiger partial charge in [-0.25, -0.2) is 0 Å². The maximum Gasteiger partial charge on any atom is 0.161 e. The molecule has 0 saturated carbocycles. The molecule has 0 amide bonds. The first-order valence-corrected chi connectivity index (χ1v) is 4.39. The van der Waals surface area contributed by atoms with Crippen molar-refractivity contribution < 1.29 is 14.9 Å². The number of ether oxygens (including phenoxy) is 1. The lowest BCUT2D eigenvalue weighted by atomic mass is 10.3. The first-order chi connectivity index (χ1) is 6.24. The molecule has 3 nitrogen and oxygen atoms in total. The lowest BCUT2D eigenvalue weighted by molar-refractivity contribution is 0.306. The van der Waals surface area contributed by atoms with E-state index in [0.717, 1.165) is 12.8 Å². The van der Waals surface area contributed by atoms with Gasteiger partial charge in [0.1, 0.15) is 5.75 Å². The van der Waals surface area contributed by atoms with Crippen molar-refractivity contribution in [3.63, 3.8) is 0 Å². The van der Waals surface area contributed by atoms with Gasteiger partial charge >= 0.3 is 0 Å². The Morgan fingerprint density at radius 1 is 1.23 bits per heavy atom. The summed E-state index contributed by atoms with van der Waals surface area (Å²) in [5.74, 6) is 0.320. The topological polar surface area (TPSA) is 49.7 Å². The second kappa shape index (κ2) is 4.60. The van der Waals surface area contributed by atoms with Gasteiger partial charge in [-0.1, -0.05) is 13.3 Å². The smallest absolute Gasteiger partial charge is 0.161 e. The Labute approximate surface area is 77.6 Å². The first kappa shape index (κ1) is 9.71. The highest BCUT2D eigenvalue weighted by atomic mass is 16.5. The highest BCUT2D eigenvalue weighted by Gasteiger charge is 2.00. The molecule has 0 aliphatic carbocycles. The average molecular weight is 182 g/mol. The molecule has 0 heterocycles. The average Bonchev–Trinajstić information content (AvgIpc) is 2.12. The summed E-state index contributed by atoms with van der Waals surface area (Å²) >= 11 is 0. The van der Waals surface area contributed by atoms with Crippen LogP contribution in [-0.2, 0) is 0 Å². The molecule has 2 N–H and O–H groups in total. The molecule has 0 unspecified atom stereocenters. The number of phenolic OH excluding ortho intramolecular Hbond substituents is 2. The zero-order chi connectivity index (χ0) is 9.68. The van der Waals surface area contributed by atoms with Crippen molar-refractivity contribution in [3.05, 3.63) is 18.2 Å². The van der Waals surface area contributed by atoms with Crippen molar-refractivity contribution in [3.8, 4) is 17.2 Å². The molecule has 0 aromatic heterocycles. The molecular weight excluding hydrogens is 168 g/mol. The van der Waals surface area contributed by atoms with Gasteiger partial charge in [0.05, 0.1) is 6.61 Å². The predicted molar refractivity (Wildman–Crippen MR) is 50.2 cm³/mol. The summed E-state index contributed by atoms with van der Waals surface area (Å²) in [7, 11) is 0. The van der Waals surface area contributed by atoms with Gasteiger partial charge in [-0.3, -0.25) is 0 Å². The van der Waals surface area contributed by atoms with Crippen molar-refractivity contribution in [2.45, 2.75) is 19.8 Å². The Balaban J connectivity index is 2.53. The highest BCUT2D eigenvalue weighted by molar-refractivity contribution is 5.43. The van der Waals surface area contributed by atoms with Crippen LogP contribution < -0.4 is 4.74 Å². The molecule has 0 fully saturated rings. The number of benzene rings is 1. The molecule has 0 aliphatic heterocycles. The quantitative estimate of drug-likeness (QED) is 0.554. The van der Waals surface area contributed by atoms with E-state index in [2.05, 4.69) is 6.92 Å². The number of phenols is 2. The molecule has 1 aromatic carbocycles. The van der Waals surface area contributed by atoms with E-state index in [1.165, 1.54) is 12.1 Å². The third-order valence-corrected chi connectivity index (χ3v) is 1.71. The van der Waals surface area contributed by atoms with E-state index in [-0.39, 0.29) is 11.5 Å². The van der Waals surface area contributed by atoms with Crippen molar-refractivity contribution in [1.29, 1.82) is 0 Å². The predicted octanol–water partition coefficient (Wildman–Crippen LogP) is 2.28. The SMILES string of the molecule is CCCCOc1ccc(O)c(O)c1. The summed E-state index contributed by atoms with van der Waals surface area (Å²) in [4.78, 5) is 0. The highest BCUT2D eigenvalue weighted by Crippen LogP contribution is 2.28. The Bertz CT molecular complexity index is 271. The Hall–Kier alpha value is -1.38. The molecule has 0 saturated heterocycles. The maximum absolute atomic E-state index is 9.13. The molecule has 0 bridgehead atoms. The molecule has 0 spiro atoms. The number of hydrogen-bond donors (Lipinski definition) is 2. The Morgan fingerprint density at radius 2 is 2.00 bits per heavy atom. The molecule has 3 heteroatoms. The number of hydrogen-bond acceptors (Lipinski definition) is 3. The van der Waals surface area contributed by atoms with Crippen LogP contribution in [0.15, 0.2) is 18.2 Å². The van der Waals surface area contributed by atoms with Crippen LogP contribution in [0.5, 0.6) is 17.2 Å². The third kappa shape index (κ3) is 2.86. The standard InChI is InChI=1S/C10H14O3/c1-2-3-6-13-8-4-5-9(11)10(12)7-8/h4-5,7,11-12H,2-3,6H2,1H3. The molecule has 72 valence electrons. The van der Waals surface area contributed by atoms with Gasteiger partial charge in [-0.2, -0.15) is 0 Å². The monoisotopic (exact) mass is 182 g/mol. The lowest BCUT2D eigenvalue weighted by Crippen LogP contribution is -1.95. The van der Waals surface area contributed by atoms with Gasteiger partial charge in [0.25, 0.3) is 0 Å². The molecule has 0 aliphatic rings. The molecular formula is C10H14O3. The molecule has 0 radical (unpaired) electrons. The largest absolute Gasteiger partial charge is 0.504 e. The fraction of sp³-hybridized carbons (Fsp3) is 0.400. The minimum atomic E-state index is -0.144. The zero-order valence-electron chi connectivity index (χ0n) is 7.66. The Kier molecular flexibility index (Phi) is 3.43. The summed E-state index contributed by atoms with van der Waals surface area (Å²) < 4.78 is 5.31. The number of rotatable bonds is 4. The van der Waals surface area contributed by atoms with Crippen LogP contribution in [0.25, 0.3) is 0 Å². The fourth-order valence-corrected chi connectivity index (χ4v) is 0.927. The van der Waals surface area contributed by atoms with Gasteiger partial charge in [0, 0.05) is 6.07 Å². The van der Waals surface area contributed by atoms with E-state index in [9.17, 15) is 0 Å². The summed E-state index contributed by atoms with van der Waals surface area (Å²) in [6, 6.07) is 4.45. The first-order valence-electron chi connectivity index (χ1n) is 4.39. The number of unbranched alkanes of at least 4 members (excludes halogenated alkanes) is 1. The van der Waals surface area contributed by atoms with Crippen LogP contribution >= 0.6 is 0 Å². The van der Waals surface area contributed by atoms with E-state index < -0.39 is 0 Å². The molecule has 1 aromatic rings. The summed E-state index contributed by atoms with van der Waals surface area (Å²) in [5, 5.41) is 18.1. The summed E-state index contributed by atoms with van der Waals surface area (Å²) in [5.41, 5.74) is 0. The van der Waals surface area contributed by atoms with Crippen molar-refractivity contribution in [1.82, 2.24) is 0 Å². The lowest BCUT2D eigenvalue weighted by Gasteiger charge is -2.05. The van der Waals surface area contributed by atoms with Crippen LogP contribution in [0, 0.1) is 0 Å². The van der Waals surface area contributed by atoms with Gasteiger partial charge in [-0.05, 0) is 18.6 Å². The van der Waals surface area contributed by atoms with Crippen molar-refractivity contribution in [2.24, 2.45) is 0 Å². The van der Waals surface area contributed by atoms with Gasteiger partial charge in [0.2, 0.25) is 0 Å². The van der Waals surface area contributed by atoms with Gasteiger partial charge < -0.3 is 14.9 Å². The minimum Gasteiger partial charge on any atom is -0.504 e. The van der Waals surface area contributed by atoms with E-state index in [0.29, 0.717) is 12.4 Å². The van der Waals surface area contributed by atoms with Crippen LogP contribution in [0.1, 0.15) is 19.8 Å². The van der Waals surface area contributed by atoms with E-state index in [4.69, 9.17) is 14.9 Å². The van der Waals surface area contributed by atoms with Gasteiger partial charge in [-0.15, -0.1) is 0 Å². The second-order valence-electron chi connectivity index (χ2n) is 2.85. The zero-order valence-corrected chi connectivity index (χ0v) is 7.66. The van der Waals surface area contributed by atoms with Crippen molar-refractivity contribution in [2.75, 3.05) is 6.61 Å². The molecule has 13 heavy (non-hydrogen) atoms. The number of aromatic hydroxyl groups is 2. The van der Waals surface area contributed by atoms with Crippen LogP contribution in [0.2, 0.25) is 0 Å².